The Morgan fingerprint density at radius 2 is 1.45 bits per heavy atom. The van der Waals surface area contributed by atoms with Crippen molar-refractivity contribution < 1.29 is 51.0 Å². The van der Waals surface area contributed by atoms with E-state index in [0.717, 1.165) is 0 Å². The number of hydrogen-bond donors (Lipinski definition) is 0. The molecule has 0 bridgehead atoms. The molecule has 0 saturated heterocycles. The first-order chi connectivity index (χ1) is 3.42. The summed E-state index contributed by atoms with van der Waals surface area (Å²) in [5.74, 6) is 0. The molecular formula is C6H14Cl2NSiZr. The molecule has 65 valence electrons. The molecule has 0 fully saturated rings. The summed E-state index contributed by atoms with van der Waals surface area (Å²) in [6.07, 6.45) is 0. The molecule has 0 rings (SSSR count). The predicted octanol–water partition coefficient (Wildman–Crippen LogP) is -4.04. The summed E-state index contributed by atoms with van der Waals surface area (Å²) in [6, 6.07) is 0. The third-order valence-corrected chi connectivity index (χ3v) is 1.95. The smallest absolute Gasteiger partial charge is 1.00 e. The maximum Gasteiger partial charge on any atom is 3.00 e. The molecule has 0 aliphatic rings. The molecule has 1 N–H and O–H groups in total. The van der Waals surface area contributed by atoms with Gasteiger partial charge in [0.15, 0.2) is 0 Å². The van der Waals surface area contributed by atoms with E-state index in [2.05, 4.69) is 18.8 Å². The standard InChI is InChI=1S/C6H14NSi.2ClH.Zr/c1-6(2,7)5-8(3)4;;;/h5,7H,1-4H3;2*1H;/q-1;;;+3/p-2. The quantitative estimate of drug-likeness (QED) is 0.439. The zero-order valence-corrected chi connectivity index (χ0v) is 12.3. The van der Waals surface area contributed by atoms with E-state index in [1.165, 1.54) is 0 Å². The van der Waals surface area contributed by atoms with Gasteiger partial charge in [-0.25, -0.2) is 0 Å². The minimum Gasteiger partial charge on any atom is -1.00 e. The van der Waals surface area contributed by atoms with E-state index in [1.807, 2.05) is 13.8 Å². The van der Waals surface area contributed by atoms with Crippen molar-refractivity contribution >= 4 is 14.1 Å². The monoisotopic (exact) mass is 288 g/mol. The zero-order valence-electron chi connectivity index (χ0n) is 7.33. The zero-order chi connectivity index (χ0) is 6.78. The summed E-state index contributed by atoms with van der Waals surface area (Å²) >= 11 is 0. The van der Waals surface area contributed by atoms with Crippen molar-refractivity contribution in [3.63, 3.8) is 0 Å². The van der Waals surface area contributed by atoms with Gasteiger partial charge in [-0.3, -0.25) is 0 Å². The third-order valence-electron chi connectivity index (χ3n) is 0.650. The second-order valence-corrected chi connectivity index (χ2v) is 5.39. The maximum atomic E-state index is 7.43. The SMILES string of the molecule is C[Si](C)=CC(C)(C)[NH-].[Cl-].[Cl-].[Zr+3]. The predicted molar refractivity (Wildman–Crippen MR) is 41.9 cm³/mol. The van der Waals surface area contributed by atoms with Crippen molar-refractivity contribution in [2.45, 2.75) is 32.5 Å². The van der Waals surface area contributed by atoms with Crippen LogP contribution in [0.15, 0.2) is 0 Å². The van der Waals surface area contributed by atoms with Gasteiger partial charge in [0, 0.05) is 0 Å². The van der Waals surface area contributed by atoms with Crippen LogP contribution < -0.4 is 24.8 Å². The molecule has 1 radical (unpaired) electrons. The van der Waals surface area contributed by atoms with Crippen LogP contribution >= 0.6 is 0 Å². The van der Waals surface area contributed by atoms with Gasteiger partial charge in [0.2, 0.25) is 0 Å². The average Bonchev–Trinajstić information content (AvgIpc) is 1.21. The van der Waals surface area contributed by atoms with Gasteiger partial charge in [-0.2, -0.15) is 0 Å². The van der Waals surface area contributed by atoms with E-state index in [0.29, 0.717) is 0 Å². The fourth-order valence-corrected chi connectivity index (χ4v) is 2.17. The first kappa shape index (κ1) is 22.9. The van der Waals surface area contributed by atoms with Gasteiger partial charge in [-0.15, -0.1) is 11.2 Å². The Balaban J connectivity index is -0.0000000817. The van der Waals surface area contributed by atoms with Crippen molar-refractivity contribution in [2.24, 2.45) is 0 Å². The van der Waals surface area contributed by atoms with Crippen LogP contribution in [0.5, 0.6) is 0 Å². The number of nitrogens with one attached hydrogen (secondary N) is 1. The molecule has 1 nitrogen and oxygen atoms in total. The van der Waals surface area contributed by atoms with Gasteiger partial charge in [0.1, 0.15) is 0 Å². The van der Waals surface area contributed by atoms with Crippen molar-refractivity contribution in [2.75, 3.05) is 0 Å². The van der Waals surface area contributed by atoms with E-state index in [-0.39, 0.29) is 65.0 Å². The third kappa shape index (κ3) is 24.6. The Kier molecular flexibility index (Phi) is 20.0. The molecule has 0 aromatic rings. The van der Waals surface area contributed by atoms with Crippen LogP contribution in [0.2, 0.25) is 13.1 Å². The van der Waals surface area contributed by atoms with Crippen molar-refractivity contribution in [3.8, 4) is 0 Å². The summed E-state index contributed by atoms with van der Waals surface area (Å²) < 4.78 is 0. The van der Waals surface area contributed by atoms with Crippen molar-refractivity contribution in [1.29, 1.82) is 0 Å². The number of rotatable bonds is 1. The average molecular weight is 290 g/mol. The fourth-order valence-electron chi connectivity index (χ4n) is 0.722. The molecule has 0 atom stereocenters. The van der Waals surface area contributed by atoms with Gasteiger partial charge >= 0.3 is 26.2 Å². The maximum absolute atomic E-state index is 7.43. The van der Waals surface area contributed by atoms with Crippen LogP contribution in [0, 0.1) is 0 Å². The largest absolute Gasteiger partial charge is 3.00 e. The van der Waals surface area contributed by atoms with E-state index in [4.69, 9.17) is 5.73 Å². The van der Waals surface area contributed by atoms with E-state index >= 15 is 0 Å². The molecular weight excluding hydrogens is 276 g/mol. The topological polar surface area (TPSA) is 23.8 Å². The molecule has 0 aromatic carbocycles. The fraction of sp³-hybridized carbons (Fsp3) is 0.833. The van der Waals surface area contributed by atoms with Gasteiger partial charge in [0.25, 0.3) is 0 Å². The van der Waals surface area contributed by atoms with Crippen LogP contribution in [-0.2, 0) is 26.2 Å². The summed E-state index contributed by atoms with van der Waals surface area (Å²) in [6.45, 7) is 8.23. The first-order valence-corrected chi connectivity index (χ1v) is 5.40. The first-order valence-electron chi connectivity index (χ1n) is 2.83. The van der Waals surface area contributed by atoms with Gasteiger partial charge in [-0.05, 0) is 8.41 Å². The van der Waals surface area contributed by atoms with Crippen molar-refractivity contribution in [3.05, 3.63) is 5.73 Å². The van der Waals surface area contributed by atoms with E-state index in [1.54, 1.807) is 0 Å². The van der Waals surface area contributed by atoms with Gasteiger partial charge < -0.3 is 30.5 Å². The molecule has 5 heteroatoms. The van der Waals surface area contributed by atoms with Crippen LogP contribution in [-0.4, -0.2) is 19.6 Å². The van der Waals surface area contributed by atoms with Crippen LogP contribution in [0.1, 0.15) is 13.8 Å². The van der Waals surface area contributed by atoms with Crippen molar-refractivity contribution in [1.82, 2.24) is 0 Å². The van der Waals surface area contributed by atoms with Crippen LogP contribution in [0.4, 0.5) is 0 Å². The number of halogens is 2. The Morgan fingerprint density at radius 3 is 1.45 bits per heavy atom. The normalized spacial score (nSPS) is 8.09. The summed E-state index contributed by atoms with van der Waals surface area (Å²) in [5.41, 5.74) is 9.25. The Hall–Kier alpha value is 1.51. The Labute approximate surface area is 103 Å². The molecule has 0 aliphatic carbocycles. The second kappa shape index (κ2) is 9.60. The molecule has 0 unspecified atom stereocenters. The minimum atomic E-state index is -0.308. The Morgan fingerprint density at radius 1 is 1.18 bits per heavy atom. The Bertz CT molecular complexity index is 108. The summed E-state index contributed by atoms with van der Waals surface area (Å²) in [5, 5.41) is 0. The molecule has 0 saturated carbocycles. The second-order valence-electron chi connectivity index (χ2n) is 2.94. The van der Waals surface area contributed by atoms with Crippen LogP contribution in [0.3, 0.4) is 0 Å². The molecule has 0 amide bonds. The molecule has 0 heterocycles. The molecule has 0 aliphatic heterocycles. The molecule has 0 spiro atoms. The molecule has 11 heavy (non-hydrogen) atoms. The van der Waals surface area contributed by atoms with Gasteiger partial charge in [-0.1, -0.05) is 26.9 Å². The molecule has 0 aromatic heterocycles. The van der Waals surface area contributed by atoms with Crippen LogP contribution in [0.25, 0.3) is 5.73 Å². The minimum absolute atomic E-state index is 0. The van der Waals surface area contributed by atoms with E-state index in [9.17, 15) is 0 Å². The van der Waals surface area contributed by atoms with Gasteiger partial charge in [0.05, 0.1) is 0 Å². The van der Waals surface area contributed by atoms with E-state index < -0.39 is 0 Å². The summed E-state index contributed by atoms with van der Waals surface area (Å²) in [7, 11) is -0.305. The summed E-state index contributed by atoms with van der Waals surface area (Å²) in [4.78, 5) is 0. The number of hydrogen-bond acceptors (Lipinski definition) is 0.